The van der Waals surface area contributed by atoms with Gasteiger partial charge in [-0.3, -0.25) is 0 Å². The first-order valence-corrected chi connectivity index (χ1v) is 5.88. The number of hydrogen-bond acceptors (Lipinski definition) is 5. The van der Waals surface area contributed by atoms with E-state index in [4.69, 9.17) is 0 Å². The number of benzene rings is 1. The summed E-state index contributed by atoms with van der Waals surface area (Å²) in [6.45, 7) is 1.12. The van der Waals surface area contributed by atoms with E-state index >= 15 is 0 Å². The molecule has 0 aliphatic heterocycles. The minimum absolute atomic E-state index is 0.213. The normalized spacial score (nSPS) is 11.8. The molecule has 1 rings (SSSR count). The largest absolute Gasteiger partial charge is 0.534 e. The van der Waals surface area contributed by atoms with Gasteiger partial charge in [0.25, 0.3) is 0 Å². The van der Waals surface area contributed by atoms with Gasteiger partial charge >= 0.3 is 15.6 Å². The zero-order valence-electron chi connectivity index (χ0n) is 9.16. The molecule has 0 aliphatic carbocycles. The quantitative estimate of drug-likeness (QED) is 0.282. The minimum Gasteiger partial charge on any atom is -0.376 e. The second-order valence-electron chi connectivity index (χ2n) is 3.26. The van der Waals surface area contributed by atoms with Crippen molar-refractivity contribution >= 4 is 21.9 Å². The van der Waals surface area contributed by atoms with Crippen molar-refractivity contribution in [3.63, 3.8) is 0 Å². The number of hydrogen-bond donors (Lipinski definition) is 0. The number of rotatable bonds is 3. The van der Waals surface area contributed by atoms with E-state index in [1.54, 1.807) is 0 Å². The van der Waals surface area contributed by atoms with E-state index in [1.807, 2.05) is 0 Å². The molecule has 0 saturated heterocycles. The highest BCUT2D eigenvalue weighted by Gasteiger charge is 2.48. The molecule has 19 heavy (non-hydrogen) atoms. The predicted molar refractivity (Wildman–Crippen MR) is 54.5 cm³/mol. The third-order valence-electron chi connectivity index (χ3n) is 1.89. The van der Waals surface area contributed by atoms with Gasteiger partial charge in [-0.05, 0) is 18.6 Å². The molecule has 0 heterocycles. The van der Waals surface area contributed by atoms with Crippen molar-refractivity contribution in [2.75, 3.05) is 0 Å². The Balaban J connectivity index is 3.30. The molecule has 0 unspecified atom stereocenters. The van der Waals surface area contributed by atoms with E-state index in [1.165, 1.54) is 0 Å². The number of aryl methyl sites for hydroxylation is 1. The van der Waals surface area contributed by atoms with E-state index in [9.17, 15) is 30.8 Å². The van der Waals surface area contributed by atoms with Gasteiger partial charge in [0.05, 0.1) is 0 Å². The Bertz CT molecular complexity index is 647. The van der Waals surface area contributed by atoms with Crippen molar-refractivity contribution in [1.29, 1.82) is 0 Å². The lowest BCUT2D eigenvalue weighted by atomic mass is 10.2. The molecule has 0 bridgehead atoms. The lowest BCUT2D eigenvalue weighted by Crippen LogP contribution is -2.28. The maximum absolute atomic E-state index is 13.2. The van der Waals surface area contributed by atoms with Crippen LogP contribution in [0.1, 0.15) is 5.56 Å². The number of alkyl halides is 3. The van der Waals surface area contributed by atoms with Gasteiger partial charge in [-0.1, -0.05) is 0 Å². The lowest BCUT2D eigenvalue weighted by molar-refractivity contribution is -0.0500. The van der Waals surface area contributed by atoms with Crippen LogP contribution in [0, 0.1) is 12.7 Å². The van der Waals surface area contributed by atoms with E-state index in [0.717, 1.165) is 13.0 Å². The smallest absolute Gasteiger partial charge is 0.376 e. The summed E-state index contributed by atoms with van der Waals surface area (Å²) >= 11 is 0. The van der Waals surface area contributed by atoms with Crippen LogP contribution in [0.5, 0.6) is 5.75 Å². The van der Waals surface area contributed by atoms with Crippen molar-refractivity contribution in [2.24, 2.45) is 4.99 Å². The topological polar surface area (TPSA) is 72.8 Å². The van der Waals surface area contributed by atoms with Crippen molar-refractivity contribution in [2.45, 2.75) is 12.4 Å². The molecule has 104 valence electrons. The van der Waals surface area contributed by atoms with Gasteiger partial charge < -0.3 is 4.18 Å². The minimum atomic E-state index is -5.88. The number of aliphatic imine (C=N–C) groups is 1. The van der Waals surface area contributed by atoms with Crippen molar-refractivity contribution < 1.29 is 35.0 Å². The Morgan fingerprint density at radius 2 is 1.89 bits per heavy atom. The summed E-state index contributed by atoms with van der Waals surface area (Å²) < 4.78 is 74.9. The maximum atomic E-state index is 13.2. The number of carbonyl (C=O) groups excluding carboxylic acids is 1. The van der Waals surface area contributed by atoms with Crippen molar-refractivity contribution in [3.8, 4) is 5.75 Å². The van der Waals surface area contributed by atoms with Crippen LogP contribution in [0.4, 0.5) is 23.2 Å². The average Bonchev–Trinajstić information content (AvgIpc) is 2.23. The highest BCUT2D eigenvalue weighted by Crippen LogP contribution is 2.32. The fourth-order valence-corrected chi connectivity index (χ4v) is 1.54. The molecule has 0 spiro atoms. The second kappa shape index (κ2) is 4.98. The summed E-state index contributed by atoms with van der Waals surface area (Å²) in [4.78, 5) is 12.8. The summed E-state index contributed by atoms with van der Waals surface area (Å²) in [5.41, 5.74) is -6.52. The standard InChI is InChI=1S/C9H5F4NO4S/c1-5-2-6(10)7(14-4-15)3-8(5)18-19(16,17)9(11,12)13/h2-3H,1H3. The molecule has 0 saturated carbocycles. The van der Waals surface area contributed by atoms with Gasteiger partial charge in [0.15, 0.2) is 0 Å². The van der Waals surface area contributed by atoms with Gasteiger partial charge in [0.1, 0.15) is 17.3 Å². The molecule has 0 aromatic heterocycles. The molecule has 0 atom stereocenters. The summed E-state index contributed by atoms with van der Waals surface area (Å²) in [6, 6.07) is 1.23. The Morgan fingerprint density at radius 1 is 1.32 bits per heavy atom. The Hall–Kier alpha value is -1.93. The van der Waals surface area contributed by atoms with Crippen molar-refractivity contribution in [1.82, 2.24) is 0 Å². The average molecular weight is 299 g/mol. The van der Waals surface area contributed by atoms with Crippen LogP contribution in [0.2, 0.25) is 0 Å². The molecule has 5 nitrogen and oxygen atoms in total. The first-order chi connectivity index (χ1) is 8.58. The molecule has 0 N–H and O–H groups in total. The summed E-state index contributed by atoms with van der Waals surface area (Å²) in [7, 11) is -5.88. The molecule has 0 radical (unpaired) electrons. The zero-order valence-corrected chi connectivity index (χ0v) is 9.97. The third-order valence-corrected chi connectivity index (χ3v) is 2.86. The zero-order chi connectivity index (χ0) is 14.8. The summed E-state index contributed by atoms with van der Waals surface area (Å²) in [5, 5.41) is 0. The molecule has 0 amide bonds. The molecule has 10 heteroatoms. The highest BCUT2D eigenvalue weighted by atomic mass is 32.2. The Labute approximate surface area is 104 Å². The molecule has 0 aliphatic rings. The van der Waals surface area contributed by atoms with Crippen LogP contribution >= 0.6 is 0 Å². The van der Waals surface area contributed by atoms with Crippen LogP contribution in [0.25, 0.3) is 0 Å². The van der Waals surface area contributed by atoms with Gasteiger partial charge in [-0.2, -0.15) is 26.6 Å². The molecular weight excluding hydrogens is 294 g/mol. The number of halogens is 4. The van der Waals surface area contributed by atoms with Crippen LogP contribution in [0.15, 0.2) is 17.1 Å². The van der Waals surface area contributed by atoms with Gasteiger partial charge in [0, 0.05) is 6.07 Å². The summed E-state index contributed by atoms with van der Waals surface area (Å²) in [6.07, 6.45) is 0.972. The first-order valence-electron chi connectivity index (χ1n) is 4.47. The van der Waals surface area contributed by atoms with E-state index in [-0.39, 0.29) is 5.56 Å². The fourth-order valence-electron chi connectivity index (χ4n) is 1.03. The van der Waals surface area contributed by atoms with E-state index < -0.39 is 32.9 Å². The first kappa shape index (κ1) is 15.1. The Morgan fingerprint density at radius 3 is 2.37 bits per heavy atom. The predicted octanol–water partition coefficient (Wildman–Crippen LogP) is 2.33. The van der Waals surface area contributed by atoms with Gasteiger partial charge in [-0.25, -0.2) is 9.18 Å². The van der Waals surface area contributed by atoms with Crippen LogP contribution in [-0.4, -0.2) is 20.0 Å². The molecular formula is C9H5F4NO4S. The van der Waals surface area contributed by atoms with E-state index in [2.05, 4.69) is 9.18 Å². The maximum Gasteiger partial charge on any atom is 0.534 e. The van der Waals surface area contributed by atoms with Gasteiger partial charge in [0.2, 0.25) is 6.08 Å². The van der Waals surface area contributed by atoms with Crippen LogP contribution in [-0.2, 0) is 14.9 Å². The van der Waals surface area contributed by atoms with Crippen molar-refractivity contribution in [3.05, 3.63) is 23.5 Å². The lowest BCUT2D eigenvalue weighted by Gasteiger charge is -2.11. The second-order valence-corrected chi connectivity index (χ2v) is 4.79. The molecule has 1 aromatic carbocycles. The molecule has 0 fully saturated rings. The summed E-state index contributed by atoms with van der Waals surface area (Å²) in [5.74, 6) is -1.81. The van der Waals surface area contributed by atoms with Crippen LogP contribution < -0.4 is 4.18 Å². The number of nitrogens with zero attached hydrogens (tertiary/aromatic N) is 1. The Kier molecular flexibility index (Phi) is 3.97. The fraction of sp³-hybridized carbons (Fsp3) is 0.222. The van der Waals surface area contributed by atoms with Crippen LogP contribution in [0.3, 0.4) is 0 Å². The monoisotopic (exact) mass is 299 g/mol. The number of isocyanates is 1. The SMILES string of the molecule is Cc1cc(F)c(N=C=O)cc1OS(=O)(=O)C(F)(F)F. The van der Waals surface area contributed by atoms with Gasteiger partial charge in [-0.15, -0.1) is 0 Å². The molecule has 1 aromatic rings. The highest BCUT2D eigenvalue weighted by molar-refractivity contribution is 7.88. The third kappa shape index (κ3) is 3.30. The van der Waals surface area contributed by atoms with E-state index in [0.29, 0.717) is 12.1 Å².